The summed E-state index contributed by atoms with van der Waals surface area (Å²) in [5.74, 6) is -0.603. The zero-order valence-electron chi connectivity index (χ0n) is 15.0. The number of rotatable bonds is 7. The Morgan fingerprint density at radius 3 is 2.70 bits per heavy atom. The summed E-state index contributed by atoms with van der Waals surface area (Å²) in [4.78, 5) is 15.5. The van der Waals surface area contributed by atoms with Gasteiger partial charge >= 0.3 is 5.97 Å². The van der Waals surface area contributed by atoms with E-state index in [4.69, 9.17) is 9.52 Å². The van der Waals surface area contributed by atoms with E-state index in [0.717, 1.165) is 11.1 Å². The van der Waals surface area contributed by atoms with Crippen molar-refractivity contribution >= 4 is 27.1 Å². The Morgan fingerprint density at radius 1 is 1.19 bits per heavy atom. The first-order valence-electron chi connectivity index (χ1n) is 8.46. The Balaban J connectivity index is 1.62. The minimum absolute atomic E-state index is 0.0281. The molecule has 0 aliphatic carbocycles. The van der Waals surface area contributed by atoms with Crippen molar-refractivity contribution in [3.05, 3.63) is 59.0 Å². The molecular weight excluding hydrogens is 368 g/mol. The number of aromatic nitrogens is 1. The molecule has 142 valence electrons. The number of aromatic carboxylic acids is 1. The van der Waals surface area contributed by atoms with Crippen molar-refractivity contribution < 1.29 is 22.7 Å². The van der Waals surface area contributed by atoms with Gasteiger partial charge in [0.1, 0.15) is 5.52 Å². The van der Waals surface area contributed by atoms with Gasteiger partial charge in [-0.1, -0.05) is 12.1 Å². The number of nitrogens with zero attached hydrogens (tertiary/aromatic N) is 1. The lowest BCUT2D eigenvalue weighted by Gasteiger charge is -2.08. The average molecular weight is 388 g/mol. The second-order valence-corrected chi connectivity index (χ2v) is 8.13. The van der Waals surface area contributed by atoms with Gasteiger partial charge in [-0.15, -0.1) is 0 Å². The van der Waals surface area contributed by atoms with Crippen LogP contribution in [0.2, 0.25) is 0 Å². The maximum absolute atomic E-state index is 12.4. The molecule has 0 bridgehead atoms. The normalized spacial score (nSPS) is 11.8. The number of benzene rings is 2. The Morgan fingerprint density at radius 2 is 1.96 bits per heavy atom. The number of sulfonamides is 1. The van der Waals surface area contributed by atoms with E-state index >= 15 is 0 Å². The topological polar surface area (TPSA) is 110 Å². The van der Waals surface area contributed by atoms with Gasteiger partial charge < -0.3 is 9.52 Å². The van der Waals surface area contributed by atoms with Crippen molar-refractivity contribution in [1.82, 2.24) is 9.71 Å². The quantitative estimate of drug-likeness (QED) is 0.602. The number of nitrogens with one attached hydrogen (secondary N) is 1. The lowest BCUT2D eigenvalue weighted by molar-refractivity contribution is 0.0696. The summed E-state index contributed by atoms with van der Waals surface area (Å²) in [6.07, 6.45) is 0.993. The molecule has 0 amide bonds. The first-order valence-corrected chi connectivity index (χ1v) is 9.94. The highest BCUT2D eigenvalue weighted by molar-refractivity contribution is 7.89. The Kier molecular flexibility index (Phi) is 5.29. The molecule has 2 aromatic carbocycles. The molecule has 8 heteroatoms. The van der Waals surface area contributed by atoms with Crippen molar-refractivity contribution in [2.45, 2.75) is 31.6 Å². The van der Waals surface area contributed by atoms with E-state index in [1.165, 1.54) is 18.2 Å². The molecule has 0 aliphatic rings. The highest BCUT2D eigenvalue weighted by atomic mass is 32.2. The number of oxazole rings is 1. The molecular formula is C19H20N2O5S. The first-order chi connectivity index (χ1) is 12.8. The first kappa shape index (κ1) is 19.1. The van der Waals surface area contributed by atoms with Crippen LogP contribution in [-0.4, -0.2) is 31.0 Å². The molecule has 2 N–H and O–H groups in total. The Hall–Kier alpha value is -2.71. The molecule has 0 atom stereocenters. The smallest absolute Gasteiger partial charge is 0.335 e. The van der Waals surface area contributed by atoms with Crippen LogP contribution in [0.4, 0.5) is 0 Å². The van der Waals surface area contributed by atoms with Crippen molar-refractivity contribution in [2.24, 2.45) is 0 Å². The summed E-state index contributed by atoms with van der Waals surface area (Å²) in [7, 11) is -3.78. The van der Waals surface area contributed by atoms with Crippen molar-refractivity contribution in [1.29, 1.82) is 0 Å². The van der Waals surface area contributed by atoms with Crippen LogP contribution in [-0.2, 0) is 16.4 Å². The van der Waals surface area contributed by atoms with Gasteiger partial charge in [-0.05, 0) is 55.7 Å². The van der Waals surface area contributed by atoms with E-state index in [9.17, 15) is 13.2 Å². The molecule has 3 aromatic rings. The fraction of sp³-hybridized carbons (Fsp3) is 0.263. The molecule has 7 nitrogen and oxygen atoms in total. The largest absolute Gasteiger partial charge is 0.478 e. The van der Waals surface area contributed by atoms with E-state index in [1.807, 2.05) is 25.1 Å². The number of carboxylic acids is 1. The maximum atomic E-state index is 12.4. The van der Waals surface area contributed by atoms with Gasteiger partial charge in [0.15, 0.2) is 11.5 Å². The number of fused-ring (bicyclic) bond motifs is 1. The van der Waals surface area contributed by atoms with Crippen LogP contribution in [0.15, 0.2) is 45.7 Å². The van der Waals surface area contributed by atoms with Gasteiger partial charge in [-0.25, -0.2) is 22.9 Å². The summed E-state index contributed by atoms with van der Waals surface area (Å²) in [6, 6.07) is 9.79. The number of aryl methyl sites for hydroxylation is 3. The van der Waals surface area contributed by atoms with Crippen LogP contribution in [0.25, 0.3) is 11.1 Å². The van der Waals surface area contributed by atoms with E-state index in [1.54, 1.807) is 6.92 Å². The van der Waals surface area contributed by atoms with Crippen LogP contribution in [0.1, 0.15) is 33.8 Å². The lowest BCUT2D eigenvalue weighted by Crippen LogP contribution is -2.25. The summed E-state index contributed by atoms with van der Waals surface area (Å²) < 4.78 is 32.9. The van der Waals surface area contributed by atoms with E-state index in [0.29, 0.717) is 29.9 Å². The molecule has 0 fully saturated rings. The molecule has 1 heterocycles. The van der Waals surface area contributed by atoms with Gasteiger partial charge in [0, 0.05) is 13.0 Å². The molecule has 0 unspecified atom stereocenters. The van der Waals surface area contributed by atoms with Crippen LogP contribution < -0.4 is 4.72 Å². The van der Waals surface area contributed by atoms with Gasteiger partial charge in [-0.2, -0.15) is 0 Å². The zero-order chi connectivity index (χ0) is 19.6. The van der Waals surface area contributed by atoms with E-state index in [2.05, 4.69) is 9.71 Å². The van der Waals surface area contributed by atoms with Gasteiger partial charge in [0.05, 0.1) is 10.5 Å². The monoisotopic (exact) mass is 388 g/mol. The summed E-state index contributed by atoms with van der Waals surface area (Å²) >= 11 is 0. The molecule has 27 heavy (non-hydrogen) atoms. The predicted molar refractivity (Wildman–Crippen MR) is 100 cm³/mol. The van der Waals surface area contributed by atoms with Crippen molar-refractivity contribution in [3.8, 4) is 0 Å². The number of hydrogen-bond donors (Lipinski definition) is 2. The standard InChI is InChI=1S/C19H20N2O5S/c1-12-5-8-17-16(10-12)21-18(26-17)4-3-9-20-27(24,25)14-7-6-13(2)15(11-14)19(22)23/h5-8,10-11,20H,3-4,9H2,1-2H3,(H,22,23). The number of hydrogen-bond acceptors (Lipinski definition) is 5. The van der Waals surface area contributed by atoms with Gasteiger partial charge in [0.2, 0.25) is 10.0 Å². The van der Waals surface area contributed by atoms with Crippen LogP contribution >= 0.6 is 0 Å². The third-order valence-corrected chi connectivity index (χ3v) is 5.66. The van der Waals surface area contributed by atoms with Crippen molar-refractivity contribution in [3.63, 3.8) is 0 Å². The van der Waals surface area contributed by atoms with Gasteiger partial charge in [-0.3, -0.25) is 0 Å². The fourth-order valence-corrected chi connectivity index (χ4v) is 3.82. The number of carbonyl (C=O) groups is 1. The van der Waals surface area contributed by atoms with Crippen LogP contribution in [0.5, 0.6) is 0 Å². The van der Waals surface area contributed by atoms with Crippen LogP contribution in [0, 0.1) is 13.8 Å². The maximum Gasteiger partial charge on any atom is 0.335 e. The summed E-state index contributed by atoms with van der Waals surface area (Å²) in [5.41, 5.74) is 3.06. The second kappa shape index (κ2) is 7.50. The summed E-state index contributed by atoms with van der Waals surface area (Å²) in [6.45, 7) is 3.79. The highest BCUT2D eigenvalue weighted by Gasteiger charge is 2.17. The van der Waals surface area contributed by atoms with Crippen LogP contribution in [0.3, 0.4) is 0 Å². The molecule has 0 spiro atoms. The molecule has 0 aliphatic heterocycles. The Labute approximate surface area is 157 Å². The second-order valence-electron chi connectivity index (χ2n) is 6.36. The van der Waals surface area contributed by atoms with E-state index in [-0.39, 0.29) is 17.0 Å². The van der Waals surface area contributed by atoms with Crippen molar-refractivity contribution in [2.75, 3.05) is 6.54 Å². The Bertz CT molecular complexity index is 1100. The molecule has 0 saturated carbocycles. The molecule has 0 radical (unpaired) electrons. The molecule has 1 aromatic heterocycles. The lowest BCUT2D eigenvalue weighted by atomic mass is 10.1. The minimum atomic E-state index is -3.78. The fourth-order valence-electron chi connectivity index (χ4n) is 2.72. The van der Waals surface area contributed by atoms with Gasteiger partial charge in [0.25, 0.3) is 0 Å². The average Bonchev–Trinajstić information content (AvgIpc) is 3.00. The van der Waals surface area contributed by atoms with E-state index < -0.39 is 16.0 Å². The summed E-state index contributed by atoms with van der Waals surface area (Å²) in [5, 5.41) is 9.14. The predicted octanol–water partition coefficient (Wildman–Crippen LogP) is 3.05. The minimum Gasteiger partial charge on any atom is -0.478 e. The molecule has 0 saturated heterocycles. The SMILES string of the molecule is Cc1ccc2oc(CCCNS(=O)(=O)c3ccc(C)c(C(=O)O)c3)nc2c1. The molecule has 3 rings (SSSR count). The number of carboxylic acid groups (broad SMARTS) is 1. The third-order valence-electron chi connectivity index (χ3n) is 4.20. The third kappa shape index (κ3) is 4.35. The zero-order valence-corrected chi connectivity index (χ0v) is 15.8. The highest BCUT2D eigenvalue weighted by Crippen LogP contribution is 2.18.